The van der Waals surface area contributed by atoms with E-state index in [-0.39, 0.29) is 12.3 Å². The van der Waals surface area contributed by atoms with Crippen LogP contribution in [0.2, 0.25) is 0 Å². The molecule has 0 radical (unpaired) electrons. The standard InChI is InChI=1S/C12H14N4OS/c1-2-11-15-16-12(18-11)14-10(17)7-8-4-3-5-9(13)6-8/h3-6H,2,7,13H2,1H3,(H,14,16,17). The van der Waals surface area contributed by atoms with Gasteiger partial charge in [0.25, 0.3) is 0 Å². The zero-order valence-electron chi connectivity index (χ0n) is 10.0. The zero-order valence-corrected chi connectivity index (χ0v) is 10.8. The molecule has 2 rings (SSSR count). The summed E-state index contributed by atoms with van der Waals surface area (Å²) in [4.78, 5) is 11.8. The van der Waals surface area contributed by atoms with Crippen molar-refractivity contribution in [1.82, 2.24) is 10.2 Å². The van der Waals surface area contributed by atoms with E-state index in [2.05, 4.69) is 15.5 Å². The molecule has 1 amide bonds. The summed E-state index contributed by atoms with van der Waals surface area (Å²) in [6, 6.07) is 7.28. The number of carbonyl (C=O) groups is 1. The average molecular weight is 262 g/mol. The molecule has 5 nitrogen and oxygen atoms in total. The van der Waals surface area contributed by atoms with Gasteiger partial charge < -0.3 is 11.1 Å². The third-order valence-electron chi connectivity index (χ3n) is 2.33. The molecule has 1 aromatic heterocycles. The first-order chi connectivity index (χ1) is 8.67. The van der Waals surface area contributed by atoms with Crippen LogP contribution in [0.15, 0.2) is 24.3 Å². The van der Waals surface area contributed by atoms with Crippen LogP contribution >= 0.6 is 11.3 Å². The molecule has 0 bridgehead atoms. The molecule has 0 atom stereocenters. The van der Waals surface area contributed by atoms with E-state index in [1.54, 1.807) is 12.1 Å². The lowest BCUT2D eigenvalue weighted by molar-refractivity contribution is -0.115. The van der Waals surface area contributed by atoms with Crippen molar-refractivity contribution in [3.8, 4) is 0 Å². The van der Waals surface area contributed by atoms with Crippen LogP contribution in [0.3, 0.4) is 0 Å². The van der Waals surface area contributed by atoms with Crippen LogP contribution in [-0.2, 0) is 17.6 Å². The Hall–Kier alpha value is -1.95. The summed E-state index contributed by atoms with van der Waals surface area (Å²) in [6.45, 7) is 2.00. The summed E-state index contributed by atoms with van der Waals surface area (Å²) < 4.78 is 0. The summed E-state index contributed by atoms with van der Waals surface area (Å²) >= 11 is 1.40. The van der Waals surface area contributed by atoms with E-state index in [0.717, 1.165) is 17.0 Å². The van der Waals surface area contributed by atoms with Crippen LogP contribution in [-0.4, -0.2) is 16.1 Å². The molecular weight excluding hydrogens is 248 g/mol. The Bertz CT molecular complexity index is 553. The van der Waals surface area contributed by atoms with E-state index in [4.69, 9.17) is 5.73 Å². The van der Waals surface area contributed by atoms with Gasteiger partial charge in [-0.1, -0.05) is 30.4 Å². The fraction of sp³-hybridized carbons (Fsp3) is 0.250. The number of nitrogens with one attached hydrogen (secondary N) is 1. The Kier molecular flexibility index (Phi) is 3.88. The Morgan fingerprint density at radius 3 is 2.94 bits per heavy atom. The van der Waals surface area contributed by atoms with E-state index in [1.165, 1.54) is 11.3 Å². The molecule has 0 spiro atoms. The number of hydrogen-bond donors (Lipinski definition) is 2. The summed E-state index contributed by atoms with van der Waals surface area (Å²) in [6.07, 6.45) is 1.11. The summed E-state index contributed by atoms with van der Waals surface area (Å²) in [5.74, 6) is -0.112. The smallest absolute Gasteiger partial charge is 0.230 e. The number of aromatic nitrogens is 2. The number of hydrogen-bond acceptors (Lipinski definition) is 5. The number of amides is 1. The van der Waals surface area contributed by atoms with E-state index < -0.39 is 0 Å². The molecule has 0 aliphatic carbocycles. The highest BCUT2D eigenvalue weighted by atomic mass is 32.1. The van der Waals surface area contributed by atoms with Crippen LogP contribution in [0.1, 0.15) is 17.5 Å². The van der Waals surface area contributed by atoms with Crippen molar-refractivity contribution in [3.05, 3.63) is 34.8 Å². The van der Waals surface area contributed by atoms with Crippen LogP contribution in [0.25, 0.3) is 0 Å². The normalized spacial score (nSPS) is 10.3. The minimum absolute atomic E-state index is 0.112. The predicted molar refractivity (Wildman–Crippen MR) is 72.5 cm³/mol. The SMILES string of the molecule is CCc1nnc(NC(=O)Cc2cccc(N)c2)s1. The topological polar surface area (TPSA) is 80.9 Å². The van der Waals surface area contributed by atoms with Crippen molar-refractivity contribution in [2.24, 2.45) is 0 Å². The predicted octanol–water partition coefficient (Wildman–Crippen LogP) is 1.86. The first kappa shape index (κ1) is 12.5. The number of nitrogen functional groups attached to an aromatic ring is 1. The maximum atomic E-state index is 11.8. The summed E-state index contributed by atoms with van der Waals surface area (Å²) in [5, 5.41) is 12.0. The second-order valence-electron chi connectivity index (χ2n) is 3.82. The maximum Gasteiger partial charge on any atom is 0.230 e. The molecule has 0 unspecified atom stereocenters. The van der Waals surface area contributed by atoms with Crippen molar-refractivity contribution < 1.29 is 4.79 Å². The Morgan fingerprint density at radius 2 is 2.28 bits per heavy atom. The van der Waals surface area contributed by atoms with Crippen LogP contribution < -0.4 is 11.1 Å². The number of carbonyl (C=O) groups excluding carboxylic acids is 1. The number of benzene rings is 1. The highest BCUT2D eigenvalue weighted by molar-refractivity contribution is 7.15. The average Bonchev–Trinajstić information content (AvgIpc) is 2.76. The van der Waals surface area contributed by atoms with Gasteiger partial charge in [-0.25, -0.2) is 0 Å². The quantitative estimate of drug-likeness (QED) is 0.824. The van der Waals surface area contributed by atoms with Gasteiger partial charge in [-0.15, -0.1) is 10.2 Å². The highest BCUT2D eigenvalue weighted by Crippen LogP contribution is 2.16. The number of nitrogens with two attached hydrogens (primary N) is 1. The Labute approximate surface area is 109 Å². The van der Waals surface area contributed by atoms with Gasteiger partial charge in [0.2, 0.25) is 11.0 Å². The van der Waals surface area contributed by atoms with Gasteiger partial charge in [-0.05, 0) is 24.1 Å². The molecule has 3 N–H and O–H groups in total. The minimum atomic E-state index is -0.112. The van der Waals surface area contributed by atoms with Gasteiger partial charge in [0.05, 0.1) is 6.42 Å². The molecule has 0 saturated heterocycles. The van der Waals surface area contributed by atoms with E-state index in [1.807, 2.05) is 19.1 Å². The molecule has 0 aliphatic heterocycles. The number of anilines is 2. The van der Waals surface area contributed by atoms with Crippen molar-refractivity contribution in [2.45, 2.75) is 19.8 Å². The molecule has 1 aromatic carbocycles. The van der Waals surface area contributed by atoms with Gasteiger partial charge in [0.15, 0.2) is 0 Å². The lowest BCUT2D eigenvalue weighted by atomic mass is 10.1. The second kappa shape index (κ2) is 5.59. The van der Waals surface area contributed by atoms with Crippen molar-refractivity contribution in [1.29, 1.82) is 0 Å². The van der Waals surface area contributed by atoms with E-state index in [0.29, 0.717) is 10.8 Å². The molecule has 2 aromatic rings. The monoisotopic (exact) mass is 262 g/mol. The molecule has 6 heteroatoms. The third-order valence-corrected chi connectivity index (χ3v) is 3.31. The molecular formula is C12H14N4OS. The van der Waals surface area contributed by atoms with Crippen molar-refractivity contribution >= 4 is 28.1 Å². The second-order valence-corrected chi connectivity index (χ2v) is 4.89. The molecule has 1 heterocycles. The fourth-order valence-corrected chi connectivity index (χ4v) is 2.19. The maximum absolute atomic E-state index is 11.8. The first-order valence-corrected chi connectivity index (χ1v) is 6.45. The summed E-state index contributed by atoms with van der Waals surface area (Å²) in [5.41, 5.74) is 7.20. The molecule has 94 valence electrons. The lowest BCUT2D eigenvalue weighted by Crippen LogP contribution is -2.14. The van der Waals surface area contributed by atoms with Crippen LogP contribution in [0, 0.1) is 0 Å². The van der Waals surface area contributed by atoms with E-state index >= 15 is 0 Å². The molecule has 0 saturated carbocycles. The third kappa shape index (κ3) is 3.27. The van der Waals surface area contributed by atoms with E-state index in [9.17, 15) is 4.79 Å². The highest BCUT2D eigenvalue weighted by Gasteiger charge is 2.08. The van der Waals surface area contributed by atoms with Gasteiger partial charge in [-0.3, -0.25) is 4.79 Å². The van der Waals surface area contributed by atoms with Gasteiger partial charge in [-0.2, -0.15) is 0 Å². The first-order valence-electron chi connectivity index (χ1n) is 5.64. The lowest BCUT2D eigenvalue weighted by Gasteiger charge is -2.02. The van der Waals surface area contributed by atoms with Crippen molar-refractivity contribution in [2.75, 3.05) is 11.1 Å². The minimum Gasteiger partial charge on any atom is -0.399 e. The number of aryl methyl sites for hydroxylation is 1. The summed E-state index contributed by atoms with van der Waals surface area (Å²) in [7, 11) is 0. The van der Waals surface area contributed by atoms with Crippen LogP contribution in [0.5, 0.6) is 0 Å². The fourth-order valence-electron chi connectivity index (χ4n) is 1.50. The van der Waals surface area contributed by atoms with Gasteiger partial charge >= 0.3 is 0 Å². The zero-order chi connectivity index (χ0) is 13.0. The number of nitrogens with zero attached hydrogens (tertiary/aromatic N) is 2. The van der Waals surface area contributed by atoms with Gasteiger partial charge in [0.1, 0.15) is 5.01 Å². The Morgan fingerprint density at radius 1 is 1.44 bits per heavy atom. The number of rotatable bonds is 4. The van der Waals surface area contributed by atoms with Gasteiger partial charge in [0, 0.05) is 5.69 Å². The van der Waals surface area contributed by atoms with Crippen LogP contribution in [0.4, 0.5) is 10.8 Å². The molecule has 0 fully saturated rings. The van der Waals surface area contributed by atoms with Crippen molar-refractivity contribution in [3.63, 3.8) is 0 Å². The molecule has 18 heavy (non-hydrogen) atoms. The Balaban J connectivity index is 1.96. The molecule has 0 aliphatic rings. The largest absolute Gasteiger partial charge is 0.399 e.